The Morgan fingerprint density at radius 3 is 2.25 bits per heavy atom. The zero-order chi connectivity index (χ0) is 12.2. The van der Waals surface area contributed by atoms with E-state index in [9.17, 15) is 13.2 Å². The molecule has 0 N–H and O–H groups in total. The summed E-state index contributed by atoms with van der Waals surface area (Å²) in [6.07, 6.45) is 1.71. The van der Waals surface area contributed by atoms with Gasteiger partial charge >= 0.3 is 0 Å². The quantitative estimate of drug-likeness (QED) is 0.759. The molecular weight excluding hydrogens is 244 g/mol. The number of ketones is 1. The summed E-state index contributed by atoms with van der Waals surface area (Å²) in [5, 5.41) is 0. The molecular formula is C11H14O3S2. The lowest BCUT2D eigenvalue weighted by Crippen LogP contribution is -1.98. The molecule has 0 amide bonds. The lowest BCUT2D eigenvalue weighted by Gasteiger charge is -2.01. The monoisotopic (exact) mass is 258 g/mol. The van der Waals surface area contributed by atoms with Crippen molar-refractivity contribution in [3.8, 4) is 0 Å². The second-order valence-corrected chi connectivity index (χ2v) is 6.49. The van der Waals surface area contributed by atoms with Crippen molar-refractivity contribution in [1.82, 2.24) is 0 Å². The van der Waals surface area contributed by atoms with Crippen molar-refractivity contribution < 1.29 is 13.2 Å². The maximum atomic E-state index is 11.2. The number of thioether (sulfide) groups is 1. The van der Waals surface area contributed by atoms with Gasteiger partial charge in [-0.15, -0.1) is 11.8 Å². The summed E-state index contributed by atoms with van der Waals surface area (Å²) >= 11 is 1.43. The molecule has 0 fully saturated rings. The predicted molar refractivity (Wildman–Crippen MR) is 65.6 cm³/mol. The first-order valence-corrected chi connectivity index (χ1v) is 7.76. The van der Waals surface area contributed by atoms with Gasteiger partial charge in [-0.05, 0) is 24.3 Å². The normalized spacial score (nSPS) is 11.4. The van der Waals surface area contributed by atoms with E-state index in [2.05, 4.69) is 0 Å². The van der Waals surface area contributed by atoms with Gasteiger partial charge in [0.05, 0.1) is 10.6 Å². The Kier molecular flexibility index (Phi) is 4.56. The van der Waals surface area contributed by atoms with Crippen LogP contribution in [0.3, 0.4) is 0 Å². The smallest absolute Gasteiger partial charge is 0.175 e. The highest BCUT2D eigenvalue weighted by Crippen LogP contribution is 2.20. The molecule has 3 nitrogen and oxygen atoms in total. The molecule has 0 saturated heterocycles. The third-order valence-electron chi connectivity index (χ3n) is 2.05. The largest absolute Gasteiger partial charge is 0.299 e. The van der Waals surface area contributed by atoms with Gasteiger partial charge in [0.2, 0.25) is 0 Å². The van der Waals surface area contributed by atoms with E-state index in [1.807, 2.05) is 6.92 Å². The lowest BCUT2D eigenvalue weighted by molar-refractivity contribution is -0.116. The summed E-state index contributed by atoms with van der Waals surface area (Å²) in [5.41, 5.74) is 0. The molecule has 0 aromatic heterocycles. The van der Waals surface area contributed by atoms with Crippen LogP contribution < -0.4 is 0 Å². The molecule has 0 spiro atoms. The third kappa shape index (κ3) is 3.98. The Morgan fingerprint density at radius 2 is 1.81 bits per heavy atom. The van der Waals surface area contributed by atoms with Crippen molar-refractivity contribution in [3.63, 3.8) is 0 Å². The van der Waals surface area contributed by atoms with Gasteiger partial charge in [-0.2, -0.15) is 0 Å². The Morgan fingerprint density at radius 1 is 1.25 bits per heavy atom. The predicted octanol–water partition coefficient (Wildman–Crippen LogP) is 2.16. The third-order valence-corrected chi connectivity index (χ3v) is 4.25. The summed E-state index contributed by atoms with van der Waals surface area (Å²) in [6.45, 7) is 1.83. The van der Waals surface area contributed by atoms with Crippen LogP contribution in [0, 0.1) is 0 Å². The van der Waals surface area contributed by atoms with Crippen molar-refractivity contribution in [3.05, 3.63) is 24.3 Å². The summed E-state index contributed by atoms with van der Waals surface area (Å²) in [5.74, 6) is 0.631. The molecule has 1 rings (SSSR count). The van der Waals surface area contributed by atoms with E-state index >= 15 is 0 Å². The van der Waals surface area contributed by atoms with E-state index in [1.165, 1.54) is 18.0 Å². The molecule has 16 heavy (non-hydrogen) atoms. The molecule has 0 saturated carbocycles. The first kappa shape index (κ1) is 13.3. The van der Waals surface area contributed by atoms with Crippen LogP contribution >= 0.6 is 11.8 Å². The lowest BCUT2D eigenvalue weighted by atomic mass is 10.3. The fourth-order valence-corrected chi connectivity index (χ4v) is 2.54. The molecule has 0 aliphatic heterocycles. The Bertz CT molecular complexity index is 461. The van der Waals surface area contributed by atoms with Crippen LogP contribution in [0.4, 0.5) is 0 Å². The van der Waals surface area contributed by atoms with E-state index in [4.69, 9.17) is 0 Å². The topological polar surface area (TPSA) is 51.2 Å². The Hall–Kier alpha value is -0.810. The van der Waals surface area contributed by atoms with Crippen LogP contribution in [0.5, 0.6) is 0 Å². The number of hydrogen-bond donors (Lipinski definition) is 0. The maximum absolute atomic E-state index is 11.2. The fourth-order valence-electron chi connectivity index (χ4n) is 1.05. The molecule has 0 radical (unpaired) electrons. The van der Waals surface area contributed by atoms with E-state index in [-0.39, 0.29) is 5.78 Å². The zero-order valence-corrected chi connectivity index (χ0v) is 10.9. The van der Waals surface area contributed by atoms with Crippen molar-refractivity contribution in [2.45, 2.75) is 23.1 Å². The van der Waals surface area contributed by atoms with Crippen LogP contribution in [0.1, 0.15) is 13.3 Å². The van der Waals surface area contributed by atoms with Crippen LogP contribution in [-0.4, -0.2) is 26.2 Å². The second-order valence-electron chi connectivity index (χ2n) is 3.42. The Balaban J connectivity index is 2.69. The van der Waals surface area contributed by atoms with Gasteiger partial charge in [0.1, 0.15) is 5.78 Å². The standard InChI is InChI=1S/C11H14O3S2/c1-3-9(12)8-15-10-4-6-11(7-5-10)16(2,13)14/h4-7H,3,8H2,1-2H3. The van der Waals surface area contributed by atoms with E-state index < -0.39 is 9.84 Å². The molecule has 0 atom stereocenters. The molecule has 5 heteroatoms. The first-order chi connectivity index (χ1) is 7.43. The van der Waals surface area contributed by atoms with Gasteiger partial charge in [0.15, 0.2) is 9.84 Å². The molecule has 0 heterocycles. The van der Waals surface area contributed by atoms with Crippen LogP contribution in [-0.2, 0) is 14.6 Å². The average molecular weight is 258 g/mol. The maximum Gasteiger partial charge on any atom is 0.175 e. The minimum Gasteiger partial charge on any atom is -0.299 e. The fraction of sp³-hybridized carbons (Fsp3) is 0.364. The van der Waals surface area contributed by atoms with Crippen LogP contribution in [0.15, 0.2) is 34.1 Å². The van der Waals surface area contributed by atoms with Gasteiger partial charge in [0, 0.05) is 17.6 Å². The average Bonchev–Trinajstić information content (AvgIpc) is 2.25. The number of rotatable bonds is 5. The number of carbonyl (C=O) groups excluding carboxylic acids is 1. The Labute approximate surface area is 100 Å². The highest BCUT2D eigenvalue weighted by molar-refractivity contribution is 8.00. The van der Waals surface area contributed by atoms with Gasteiger partial charge in [-0.25, -0.2) is 8.42 Å². The highest BCUT2D eigenvalue weighted by atomic mass is 32.2. The number of benzene rings is 1. The van der Waals surface area contributed by atoms with Gasteiger partial charge < -0.3 is 0 Å². The second kappa shape index (κ2) is 5.50. The van der Waals surface area contributed by atoms with Gasteiger partial charge in [-0.1, -0.05) is 6.92 Å². The number of Topliss-reactive ketones (excluding diaryl/α,β-unsaturated/α-hetero) is 1. The number of sulfone groups is 1. The van der Waals surface area contributed by atoms with Crippen molar-refractivity contribution >= 4 is 27.4 Å². The van der Waals surface area contributed by atoms with E-state index in [0.29, 0.717) is 17.1 Å². The number of hydrogen-bond acceptors (Lipinski definition) is 4. The minimum atomic E-state index is -3.13. The zero-order valence-electron chi connectivity index (χ0n) is 9.26. The SMILES string of the molecule is CCC(=O)CSc1ccc(S(C)(=O)=O)cc1. The van der Waals surface area contributed by atoms with Crippen LogP contribution in [0.2, 0.25) is 0 Å². The number of carbonyl (C=O) groups is 1. The van der Waals surface area contributed by atoms with Crippen molar-refractivity contribution in [2.24, 2.45) is 0 Å². The molecule has 1 aromatic rings. The molecule has 0 bridgehead atoms. The first-order valence-electron chi connectivity index (χ1n) is 4.88. The van der Waals surface area contributed by atoms with E-state index in [1.54, 1.807) is 24.3 Å². The molecule has 0 unspecified atom stereocenters. The van der Waals surface area contributed by atoms with Crippen molar-refractivity contribution in [1.29, 1.82) is 0 Å². The molecule has 88 valence electrons. The highest BCUT2D eigenvalue weighted by Gasteiger charge is 2.06. The van der Waals surface area contributed by atoms with Gasteiger partial charge in [0.25, 0.3) is 0 Å². The summed E-state index contributed by atoms with van der Waals surface area (Å²) < 4.78 is 22.4. The molecule has 0 aliphatic rings. The molecule has 1 aromatic carbocycles. The van der Waals surface area contributed by atoms with Crippen LogP contribution in [0.25, 0.3) is 0 Å². The summed E-state index contributed by atoms with van der Waals surface area (Å²) in [6, 6.07) is 6.58. The molecule has 0 aliphatic carbocycles. The van der Waals surface area contributed by atoms with Crippen molar-refractivity contribution in [2.75, 3.05) is 12.0 Å². The van der Waals surface area contributed by atoms with Gasteiger partial charge in [-0.3, -0.25) is 4.79 Å². The van der Waals surface area contributed by atoms with E-state index in [0.717, 1.165) is 4.90 Å². The summed E-state index contributed by atoms with van der Waals surface area (Å²) in [4.78, 5) is 12.3. The minimum absolute atomic E-state index is 0.192. The summed E-state index contributed by atoms with van der Waals surface area (Å²) in [7, 11) is -3.13.